The van der Waals surface area contributed by atoms with E-state index in [1.165, 1.54) is 270 Å². The Balaban J connectivity index is 5.25. The summed E-state index contributed by atoms with van der Waals surface area (Å²) in [5, 5.41) is 10.7. The number of phosphoric acid groups is 2. The number of esters is 4. The largest absolute Gasteiger partial charge is 0.472 e. The normalized spacial score (nSPS) is 14.1. The summed E-state index contributed by atoms with van der Waals surface area (Å²) in [6.45, 7) is 9.74. The number of hydrogen-bond acceptors (Lipinski definition) is 15. The van der Waals surface area contributed by atoms with Gasteiger partial charge in [-0.15, -0.1) is 0 Å². The van der Waals surface area contributed by atoms with E-state index in [-0.39, 0.29) is 25.7 Å². The van der Waals surface area contributed by atoms with Crippen molar-refractivity contribution in [1.82, 2.24) is 0 Å². The summed E-state index contributed by atoms with van der Waals surface area (Å²) in [5.41, 5.74) is 0. The highest BCUT2D eigenvalue weighted by Gasteiger charge is 2.30. The van der Waals surface area contributed by atoms with Gasteiger partial charge in [0.2, 0.25) is 0 Å². The average molecular weight is 1520 g/mol. The van der Waals surface area contributed by atoms with Gasteiger partial charge in [-0.2, -0.15) is 0 Å². The van der Waals surface area contributed by atoms with Gasteiger partial charge in [-0.1, -0.05) is 401 Å². The van der Waals surface area contributed by atoms with Crippen LogP contribution in [0.2, 0.25) is 0 Å². The summed E-state index contributed by atoms with van der Waals surface area (Å²) in [5.74, 6) is -0.460. The van der Waals surface area contributed by atoms with E-state index >= 15 is 0 Å². The van der Waals surface area contributed by atoms with Crippen LogP contribution in [0.4, 0.5) is 0 Å². The Morgan fingerprint density at radius 3 is 0.731 bits per heavy atom. The number of phosphoric ester groups is 2. The third kappa shape index (κ3) is 76.8. The molecule has 618 valence electrons. The molecule has 0 aromatic heterocycles. The molecule has 19 heteroatoms. The zero-order valence-corrected chi connectivity index (χ0v) is 70.1. The predicted octanol–water partition coefficient (Wildman–Crippen LogP) is 25.8. The van der Waals surface area contributed by atoms with Crippen LogP contribution in [0.3, 0.4) is 0 Å². The highest BCUT2D eigenvalue weighted by atomic mass is 31.2. The van der Waals surface area contributed by atoms with Gasteiger partial charge in [0.15, 0.2) is 12.2 Å². The van der Waals surface area contributed by atoms with Gasteiger partial charge in [0.05, 0.1) is 26.4 Å². The number of aliphatic hydroxyl groups excluding tert-OH is 1. The summed E-state index contributed by atoms with van der Waals surface area (Å²) in [6, 6.07) is 0. The number of aliphatic hydroxyl groups is 1. The molecule has 0 aliphatic heterocycles. The van der Waals surface area contributed by atoms with Crippen LogP contribution in [-0.4, -0.2) is 96.7 Å². The molecule has 0 aromatic carbocycles. The Labute approximate surface area is 638 Å². The number of carbonyl (C=O) groups is 4. The number of ether oxygens (including phenoxy) is 4. The minimum Gasteiger partial charge on any atom is -0.462 e. The van der Waals surface area contributed by atoms with E-state index in [4.69, 9.17) is 37.0 Å². The second kappa shape index (κ2) is 76.4. The Hall–Kier alpha value is -1.94. The molecule has 0 aliphatic rings. The van der Waals surface area contributed by atoms with E-state index in [2.05, 4.69) is 41.5 Å². The number of rotatable bonds is 84. The SMILES string of the molecule is CCCCCCCCCCCCCCCCCCCCC(=O)OC[C@H](COP(=O)(O)OC[C@@H](O)COP(=O)(O)OC[C@@H](COC(=O)CCCCCCCCCCCCC)OC(=O)CCCCCCCCCCCCCCCCC(C)C)OC(=O)CCCCCCCCCCCCCCCCC(C)CC. The molecular weight excluding hydrogens is 1350 g/mol. The second-order valence-corrected chi connectivity index (χ2v) is 34.2. The number of unbranched alkanes of at least 4 members (excludes halogenated alkanes) is 53. The van der Waals surface area contributed by atoms with Gasteiger partial charge in [0, 0.05) is 25.7 Å². The molecular formula is C85H166O17P2. The van der Waals surface area contributed by atoms with Crippen molar-refractivity contribution in [2.24, 2.45) is 11.8 Å². The summed E-state index contributed by atoms with van der Waals surface area (Å²) >= 11 is 0. The molecule has 6 atom stereocenters. The highest BCUT2D eigenvalue weighted by molar-refractivity contribution is 7.47. The van der Waals surface area contributed by atoms with Crippen molar-refractivity contribution in [3.63, 3.8) is 0 Å². The quantitative estimate of drug-likeness (QED) is 0.0222. The molecule has 0 heterocycles. The van der Waals surface area contributed by atoms with E-state index in [1.807, 2.05) is 0 Å². The fourth-order valence-corrected chi connectivity index (χ4v) is 14.8. The smallest absolute Gasteiger partial charge is 0.462 e. The van der Waals surface area contributed by atoms with Crippen LogP contribution in [0.5, 0.6) is 0 Å². The van der Waals surface area contributed by atoms with Gasteiger partial charge in [-0.3, -0.25) is 37.3 Å². The van der Waals surface area contributed by atoms with Gasteiger partial charge in [0.25, 0.3) is 0 Å². The molecule has 0 saturated carbocycles. The van der Waals surface area contributed by atoms with E-state index in [9.17, 15) is 43.2 Å². The van der Waals surface area contributed by atoms with Crippen LogP contribution in [0.15, 0.2) is 0 Å². The highest BCUT2D eigenvalue weighted by Crippen LogP contribution is 2.45. The molecule has 0 bridgehead atoms. The molecule has 17 nitrogen and oxygen atoms in total. The number of carbonyl (C=O) groups excluding carboxylic acids is 4. The maximum Gasteiger partial charge on any atom is 0.472 e. The molecule has 0 spiro atoms. The Morgan fingerprint density at radius 2 is 0.490 bits per heavy atom. The van der Waals surface area contributed by atoms with E-state index in [0.29, 0.717) is 25.7 Å². The molecule has 3 unspecified atom stereocenters. The van der Waals surface area contributed by atoms with Crippen molar-refractivity contribution in [2.45, 2.75) is 471 Å². The molecule has 0 amide bonds. The Bertz CT molecular complexity index is 2000. The lowest BCUT2D eigenvalue weighted by molar-refractivity contribution is -0.161. The van der Waals surface area contributed by atoms with E-state index < -0.39 is 97.5 Å². The monoisotopic (exact) mass is 1520 g/mol. The summed E-state index contributed by atoms with van der Waals surface area (Å²) < 4.78 is 68.9. The van der Waals surface area contributed by atoms with Crippen molar-refractivity contribution in [2.75, 3.05) is 39.6 Å². The first-order valence-electron chi connectivity index (χ1n) is 44.0. The third-order valence-corrected chi connectivity index (χ3v) is 22.2. The first-order valence-corrected chi connectivity index (χ1v) is 47.0. The first kappa shape index (κ1) is 102. The second-order valence-electron chi connectivity index (χ2n) is 31.3. The van der Waals surface area contributed by atoms with Gasteiger partial charge in [-0.05, 0) is 37.5 Å². The molecule has 3 N–H and O–H groups in total. The fraction of sp³-hybridized carbons (Fsp3) is 0.953. The molecule has 0 fully saturated rings. The van der Waals surface area contributed by atoms with Crippen LogP contribution in [0.25, 0.3) is 0 Å². The van der Waals surface area contributed by atoms with Gasteiger partial charge >= 0.3 is 39.5 Å². The molecule has 0 saturated heterocycles. The molecule has 0 aromatic rings. The van der Waals surface area contributed by atoms with Crippen LogP contribution >= 0.6 is 15.6 Å². The average Bonchev–Trinajstić information content (AvgIpc) is 0.906. The van der Waals surface area contributed by atoms with Crippen LogP contribution < -0.4 is 0 Å². The third-order valence-electron chi connectivity index (χ3n) is 20.3. The summed E-state index contributed by atoms with van der Waals surface area (Å²) in [4.78, 5) is 73.2. The Kier molecular flexibility index (Phi) is 75.0. The summed E-state index contributed by atoms with van der Waals surface area (Å²) in [6.07, 6.45) is 67.8. The molecule has 0 radical (unpaired) electrons. The minimum atomic E-state index is -4.96. The molecule has 0 rings (SSSR count). The van der Waals surface area contributed by atoms with E-state index in [0.717, 1.165) is 102 Å². The molecule has 104 heavy (non-hydrogen) atoms. The standard InChI is InChI=1S/C85H166O17P2/c1-7-10-12-14-16-18-20-21-22-23-24-25-32-38-44-50-56-62-68-83(88)96-74-81(102-85(90)70-64-58-52-46-40-34-29-27-31-37-42-48-54-60-66-78(6)9-3)76-100-104(93,94)98-72-79(86)71-97-103(91,92)99-75-80(73-95-82(87)67-61-55-49-43-35-19-17-15-13-11-8-2)101-84(89)69-63-57-51-45-39-33-28-26-30-36-41-47-53-59-65-77(4)5/h77-81,86H,7-76H2,1-6H3,(H,91,92)(H,93,94)/t78?,79-,80+,81+/m0/s1. The van der Waals surface area contributed by atoms with Gasteiger partial charge in [0.1, 0.15) is 19.3 Å². The van der Waals surface area contributed by atoms with Crippen molar-refractivity contribution in [1.29, 1.82) is 0 Å². The zero-order valence-electron chi connectivity index (χ0n) is 68.3. The van der Waals surface area contributed by atoms with Crippen molar-refractivity contribution < 1.29 is 80.2 Å². The fourth-order valence-electron chi connectivity index (χ4n) is 13.2. The topological polar surface area (TPSA) is 237 Å². The maximum absolute atomic E-state index is 13.1. The van der Waals surface area contributed by atoms with Crippen LogP contribution in [0.1, 0.15) is 452 Å². The van der Waals surface area contributed by atoms with Crippen LogP contribution in [-0.2, 0) is 65.4 Å². The minimum absolute atomic E-state index is 0.108. The molecule has 0 aliphatic carbocycles. The lowest BCUT2D eigenvalue weighted by Gasteiger charge is -2.21. The lowest BCUT2D eigenvalue weighted by Crippen LogP contribution is -2.30. The number of hydrogen-bond donors (Lipinski definition) is 3. The van der Waals surface area contributed by atoms with Crippen molar-refractivity contribution >= 4 is 39.5 Å². The lowest BCUT2D eigenvalue weighted by atomic mass is 9.99. The van der Waals surface area contributed by atoms with Crippen LogP contribution in [0, 0.1) is 11.8 Å². The first-order chi connectivity index (χ1) is 50.4. The van der Waals surface area contributed by atoms with Gasteiger partial charge in [-0.25, -0.2) is 9.13 Å². The zero-order chi connectivity index (χ0) is 76.4. The van der Waals surface area contributed by atoms with Crippen molar-refractivity contribution in [3.05, 3.63) is 0 Å². The van der Waals surface area contributed by atoms with Gasteiger partial charge < -0.3 is 33.8 Å². The maximum atomic E-state index is 13.1. The Morgan fingerprint density at radius 1 is 0.279 bits per heavy atom. The van der Waals surface area contributed by atoms with Crippen molar-refractivity contribution in [3.8, 4) is 0 Å². The summed E-state index contributed by atoms with van der Waals surface area (Å²) in [7, 11) is -9.93. The predicted molar refractivity (Wildman–Crippen MR) is 428 cm³/mol. The van der Waals surface area contributed by atoms with E-state index in [1.54, 1.807) is 0 Å².